The molecular weight excluding hydrogens is 275 g/mol. The smallest absolute Gasteiger partial charge is 0.435 e. The fourth-order valence-electron chi connectivity index (χ4n) is 0.631. The van der Waals surface area contributed by atoms with E-state index in [0.717, 1.165) is 0 Å². The molecule has 1 N–H and O–H groups in total. The van der Waals surface area contributed by atoms with E-state index < -0.39 is 22.7 Å². The molecule has 0 aliphatic carbocycles. The highest BCUT2D eigenvalue weighted by atomic mass is 79.9. The minimum atomic E-state index is -4.73. The molecule has 0 aliphatic rings. The summed E-state index contributed by atoms with van der Waals surface area (Å²) >= 11 is 3.12. The fraction of sp³-hybridized carbons (Fsp3) is 0.200. The van der Waals surface area contributed by atoms with Crippen molar-refractivity contribution in [1.82, 2.24) is 4.98 Å². The largest absolute Gasteiger partial charge is 0.477 e. The van der Waals surface area contributed by atoms with Crippen LogP contribution in [0.2, 0.25) is 0 Å². The predicted molar refractivity (Wildman–Crippen MR) is 41.8 cm³/mol. The highest BCUT2D eigenvalue weighted by Gasteiger charge is 2.39. The minimum absolute atomic E-state index is 0.0998. The molecule has 0 amide bonds. The zero-order valence-electron chi connectivity index (χ0n) is 5.72. The third-order valence-corrected chi connectivity index (χ3v) is 2.56. The van der Waals surface area contributed by atoms with E-state index in [1.165, 1.54) is 0 Å². The van der Waals surface area contributed by atoms with Crippen molar-refractivity contribution in [3.05, 3.63) is 14.5 Å². The average molecular weight is 276 g/mol. The van der Waals surface area contributed by atoms with Crippen LogP contribution in [-0.2, 0) is 6.18 Å². The molecular formula is C5HBrF3NO2S. The summed E-state index contributed by atoms with van der Waals surface area (Å²) in [5, 5.41) is 8.39. The third kappa shape index (κ3) is 2.19. The molecule has 1 rings (SSSR count). The lowest BCUT2D eigenvalue weighted by molar-refractivity contribution is -0.141. The van der Waals surface area contributed by atoms with Gasteiger partial charge in [-0.15, -0.1) is 0 Å². The van der Waals surface area contributed by atoms with Gasteiger partial charge in [0, 0.05) is 0 Å². The second-order valence-electron chi connectivity index (χ2n) is 1.95. The number of hydrogen-bond acceptors (Lipinski definition) is 3. The van der Waals surface area contributed by atoms with E-state index in [9.17, 15) is 18.0 Å². The van der Waals surface area contributed by atoms with Crippen molar-refractivity contribution < 1.29 is 23.1 Å². The predicted octanol–water partition coefficient (Wildman–Crippen LogP) is 2.62. The Kier molecular flexibility index (Phi) is 2.62. The monoisotopic (exact) mass is 275 g/mol. The Balaban J connectivity index is 3.28. The molecule has 0 radical (unpaired) electrons. The highest BCUT2D eigenvalue weighted by Crippen LogP contribution is 2.35. The lowest BCUT2D eigenvalue weighted by Crippen LogP contribution is -2.11. The van der Waals surface area contributed by atoms with Gasteiger partial charge in [-0.3, -0.25) is 0 Å². The molecule has 3 nitrogen and oxygen atoms in total. The van der Waals surface area contributed by atoms with E-state index in [1.54, 1.807) is 0 Å². The van der Waals surface area contributed by atoms with Crippen LogP contribution in [0.5, 0.6) is 0 Å². The van der Waals surface area contributed by atoms with Gasteiger partial charge in [-0.05, 0) is 15.9 Å². The summed E-state index contributed by atoms with van der Waals surface area (Å²) in [4.78, 5) is 12.6. The van der Waals surface area contributed by atoms with Gasteiger partial charge >= 0.3 is 12.1 Å². The first kappa shape index (κ1) is 10.5. The molecule has 0 saturated heterocycles. The molecule has 1 heterocycles. The number of carboxylic acids is 1. The van der Waals surface area contributed by atoms with Crippen molar-refractivity contribution in [1.29, 1.82) is 0 Å². The van der Waals surface area contributed by atoms with E-state index in [1.807, 2.05) is 0 Å². The molecule has 0 fully saturated rings. The molecule has 0 aromatic carbocycles. The number of aromatic carboxylic acids is 1. The SMILES string of the molecule is O=C(O)c1sc(Br)nc1C(F)(F)F. The van der Waals surface area contributed by atoms with Crippen molar-refractivity contribution in [3.8, 4) is 0 Å². The summed E-state index contributed by atoms with van der Waals surface area (Å²) in [6.07, 6.45) is -4.73. The molecule has 8 heteroatoms. The van der Waals surface area contributed by atoms with Gasteiger partial charge in [-0.25, -0.2) is 9.78 Å². The zero-order chi connectivity index (χ0) is 10.2. The van der Waals surface area contributed by atoms with Crippen molar-refractivity contribution in [2.75, 3.05) is 0 Å². The Bertz CT molecular complexity index is 348. The van der Waals surface area contributed by atoms with E-state index >= 15 is 0 Å². The van der Waals surface area contributed by atoms with E-state index in [-0.39, 0.29) is 3.92 Å². The van der Waals surface area contributed by atoms with Crippen LogP contribution in [0.15, 0.2) is 3.92 Å². The molecule has 0 spiro atoms. The van der Waals surface area contributed by atoms with Crippen molar-refractivity contribution in [2.24, 2.45) is 0 Å². The van der Waals surface area contributed by atoms with Crippen LogP contribution < -0.4 is 0 Å². The normalized spacial score (nSPS) is 11.7. The number of alkyl halides is 3. The molecule has 1 aromatic heterocycles. The number of carboxylic acid groups (broad SMARTS) is 1. The van der Waals surface area contributed by atoms with Crippen molar-refractivity contribution in [2.45, 2.75) is 6.18 Å². The van der Waals surface area contributed by atoms with E-state index in [0.29, 0.717) is 11.3 Å². The van der Waals surface area contributed by atoms with Crippen LogP contribution in [0, 0.1) is 0 Å². The lowest BCUT2D eigenvalue weighted by atomic mass is 10.3. The van der Waals surface area contributed by atoms with Crippen LogP contribution in [-0.4, -0.2) is 16.1 Å². The van der Waals surface area contributed by atoms with Crippen LogP contribution in [0.4, 0.5) is 13.2 Å². The van der Waals surface area contributed by atoms with Gasteiger partial charge in [0.25, 0.3) is 0 Å². The van der Waals surface area contributed by atoms with E-state index in [2.05, 4.69) is 20.9 Å². The summed E-state index contributed by atoms with van der Waals surface area (Å²) in [6, 6.07) is 0. The van der Waals surface area contributed by atoms with Crippen molar-refractivity contribution in [3.63, 3.8) is 0 Å². The van der Waals surface area contributed by atoms with Gasteiger partial charge in [0.15, 0.2) is 9.61 Å². The maximum absolute atomic E-state index is 12.1. The van der Waals surface area contributed by atoms with Gasteiger partial charge < -0.3 is 5.11 Å². The summed E-state index contributed by atoms with van der Waals surface area (Å²) in [5.41, 5.74) is -1.36. The van der Waals surface area contributed by atoms with Crippen molar-refractivity contribution >= 4 is 33.2 Å². The van der Waals surface area contributed by atoms with Gasteiger partial charge in [0.05, 0.1) is 0 Å². The maximum atomic E-state index is 12.1. The molecule has 0 unspecified atom stereocenters. The Morgan fingerprint density at radius 3 is 2.38 bits per heavy atom. The first-order valence-electron chi connectivity index (χ1n) is 2.79. The zero-order valence-corrected chi connectivity index (χ0v) is 8.13. The maximum Gasteiger partial charge on any atom is 0.435 e. The van der Waals surface area contributed by atoms with Gasteiger partial charge in [0.1, 0.15) is 4.88 Å². The molecule has 0 saturated carbocycles. The number of rotatable bonds is 1. The second-order valence-corrected chi connectivity index (χ2v) is 4.22. The Morgan fingerprint density at radius 1 is 1.54 bits per heavy atom. The number of thiazole rings is 1. The summed E-state index contributed by atoms with van der Waals surface area (Å²) < 4.78 is 36.1. The standard InChI is InChI=1S/C5HBrF3NO2S/c6-4-10-2(5(7,8)9)1(13-4)3(11)12/h(H,11,12). The fourth-order valence-corrected chi connectivity index (χ4v) is 1.94. The number of carbonyl (C=O) groups is 1. The van der Waals surface area contributed by atoms with Gasteiger partial charge in [0.2, 0.25) is 0 Å². The van der Waals surface area contributed by atoms with Crippen LogP contribution in [0.25, 0.3) is 0 Å². The highest BCUT2D eigenvalue weighted by molar-refractivity contribution is 9.11. The topological polar surface area (TPSA) is 50.2 Å². The Labute approximate surface area is 82.3 Å². The summed E-state index contributed by atoms with van der Waals surface area (Å²) in [7, 11) is 0. The molecule has 13 heavy (non-hydrogen) atoms. The second kappa shape index (κ2) is 3.26. The third-order valence-electron chi connectivity index (χ3n) is 1.06. The van der Waals surface area contributed by atoms with Gasteiger partial charge in [-0.1, -0.05) is 11.3 Å². The van der Waals surface area contributed by atoms with Crippen LogP contribution in [0.1, 0.15) is 15.4 Å². The Morgan fingerprint density at radius 2 is 2.08 bits per heavy atom. The summed E-state index contributed by atoms with van der Waals surface area (Å²) in [5.74, 6) is -1.63. The molecule has 0 aliphatic heterocycles. The average Bonchev–Trinajstić information content (AvgIpc) is 2.29. The molecule has 1 aromatic rings. The van der Waals surface area contributed by atoms with Crippen LogP contribution in [0.3, 0.4) is 0 Å². The minimum Gasteiger partial charge on any atom is -0.477 e. The number of hydrogen-bond donors (Lipinski definition) is 1. The van der Waals surface area contributed by atoms with Gasteiger partial charge in [-0.2, -0.15) is 13.2 Å². The van der Waals surface area contributed by atoms with Crippen LogP contribution >= 0.6 is 27.3 Å². The first-order valence-corrected chi connectivity index (χ1v) is 4.40. The number of aromatic nitrogens is 1. The molecule has 72 valence electrons. The first-order chi connectivity index (χ1) is 5.82. The Hall–Kier alpha value is -0.630. The summed E-state index contributed by atoms with van der Waals surface area (Å²) in [6.45, 7) is 0. The number of nitrogens with zero attached hydrogens (tertiary/aromatic N) is 1. The molecule has 0 atom stereocenters. The number of halogens is 4. The molecule has 0 bridgehead atoms. The van der Waals surface area contributed by atoms with E-state index in [4.69, 9.17) is 5.11 Å². The quantitative estimate of drug-likeness (QED) is 0.857. The lowest BCUT2D eigenvalue weighted by Gasteiger charge is -2.02.